The number of carbonyl (C=O) groups excluding carboxylic acids is 2. The third-order valence-electron chi connectivity index (χ3n) is 6.20. The molecule has 2 aliphatic rings. The molecule has 1 atom stereocenters. The number of hydrogen-bond donors (Lipinski definition) is 2. The summed E-state index contributed by atoms with van der Waals surface area (Å²) >= 11 is 0. The van der Waals surface area contributed by atoms with Crippen LogP contribution in [0.2, 0.25) is 0 Å². The van der Waals surface area contributed by atoms with E-state index >= 15 is 0 Å². The van der Waals surface area contributed by atoms with Crippen molar-refractivity contribution in [2.75, 3.05) is 0 Å². The molecule has 1 aliphatic carbocycles. The van der Waals surface area contributed by atoms with Gasteiger partial charge in [0, 0.05) is 5.56 Å². The van der Waals surface area contributed by atoms with Crippen molar-refractivity contribution < 1.29 is 28.4 Å². The molecule has 4 rings (SSSR count). The molecular formula is C23H25BFNO5. The van der Waals surface area contributed by atoms with Crippen molar-refractivity contribution in [1.82, 2.24) is 5.32 Å². The quantitative estimate of drug-likeness (QED) is 0.549. The van der Waals surface area contributed by atoms with E-state index in [-0.39, 0.29) is 24.2 Å². The van der Waals surface area contributed by atoms with Crippen LogP contribution in [0.25, 0.3) is 0 Å². The number of carbonyl (C=O) groups is 2. The minimum Gasteiger partial charge on any atom is -0.459 e. The van der Waals surface area contributed by atoms with Gasteiger partial charge in [-0.25, -0.2) is 9.18 Å². The Bertz CT molecular complexity index is 975. The predicted molar refractivity (Wildman–Crippen MR) is 113 cm³/mol. The Morgan fingerprint density at radius 1 is 1.23 bits per heavy atom. The van der Waals surface area contributed by atoms with Crippen LogP contribution < -0.4 is 10.8 Å². The topological polar surface area (TPSA) is 84.9 Å². The first-order valence-corrected chi connectivity index (χ1v) is 10.6. The molecule has 162 valence electrons. The van der Waals surface area contributed by atoms with E-state index in [4.69, 9.17) is 9.39 Å². The first-order chi connectivity index (χ1) is 14.9. The summed E-state index contributed by atoms with van der Waals surface area (Å²) in [7, 11) is -1.05. The molecule has 0 unspecified atom stereocenters. The van der Waals surface area contributed by atoms with Gasteiger partial charge in [0.15, 0.2) is 0 Å². The van der Waals surface area contributed by atoms with Crippen LogP contribution in [0.15, 0.2) is 36.4 Å². The van der Waals surface area contributed by atoms with Gasteiger partial charge < -0.3 is 19.7 Å². The fourth-order valence-corrected chi connectivity index (χ4v) is 4.46. The lowest BCUT2D eigenvalue weighted by atomic mass is 9.75. The smallest absolute Gasteiger partial charge is 0.459 e. The Morgan fingerprint density at radius 3 is 2.65 bits per heavy atom. The molecule has 1 aliphatic heterocycles. The van der Waals surface area contributed by atoms with Gasteiger partial charge in [-0.3, -0.25) is 4.79 Å². The van der Waals surface area contributed by atoms with Gasteiger partial charge in [-0.2, -0.15) is 0 Å². The molecule has 0 aromatic heterocycles. The van der Waals surface area contributed by atoms with Gasteiger partial charge in [0.05, 0.1) is 6.61 Å². The molecule has 0 bridgehead atoms. The largest absolute Gasteiger partial charge is 0.492 e. The standard InChI is InChI=1S/C23H25BFNO5/c1-14-19(11-8-17-13-31-24(29)20(14)17)22(27)26-21(16-4-2-3-5-16)23(28)30-12-15-6-9-18(25)10-7-15/h6-11,16,21,29H,2-5,12-13H2,1H3,(H,26,27)/t21-/m0/s1. The molecule has 1 amide bonds. The number of hydrogen-bond acceptors (Lipinski definition) is 5. The summed E-state index contributed by atoms with van der Waals surface area (Å²) in [5.41, 5.74) is 3.19. The molecule has 1 heterocycles. The molecular weight excluding hydrogens is 400 g/mol. The van der Waals surface area contributed by atoms with Crippen LogP contribution in [0.3, 0.4) is 0 Å². The zero-order valence-electron chi connectivity index (χ0n) is 17.4. The maximum Gasteiger partial charge on any atom is 0.492 e. The number of fused-ring (bicyclic) bond motifs is 1. The molecule has 0 radical (unpaired) electrons. The lowest BCUT2D eigenvalue weighted by Gasteiger charge is -2.24. The third-order valence-corrected chi connectivity index (χ3v) is 6.20. The summed E-state index contributed by atoms with van der Waals surface area (Å²) in [6, 6.07) is 8.46. The molecule has 2 aromatic rings. The highest BCUT2D eigenvalue weighted by Gasteiger charge is 2.35. The normalized spacial score (nSPS) is 16.8. The summed E-state index contributed by atoms with van der Waals surface area (Å²) in [4.78, 5) is 26.0. The average Bonchev–Trinajstić information content (AvgIpc) is 3.42. The molecule has 0 spiro atoms. The number of rotatable bonds is 6. The van der Waals surface area contributed by atoms with Gasteiger partial charge in [0.2, 0.25) is 0 Å². The second-order valence-corrected chi connectivity index (χ2v) is 8.20. The molecule has 6 nitrogen and oxygen atoms in total. The fourth-order valence-electron chi connectivity index (χ4n) is 4.46. The van der Waals surface area contributed by atoms with E-state index in [0.29, 0.717) is 28.8 Å². The van der Waals surface area contributed by atoms with E-state index in [1.54, 1.807) is 31.2 Å². The number of benzene rings is 2. The monoisotopic (exact) mass is 425 g/mol. The van der Waals surface area contributed by atoms with Crippen LogP contribution in [0.5, 0.6) is 0 Å². The maximum absolute atomic E-state index is 13.1. The molecule has 2 aromatic carbocycles. The first kappa shape index (κ1) is 21.5. The Balaban J connectivity index is 1.49. The molecule has 31 heavy (non-hydrogen) atoms. The summed E-state index contributed by atoms with van der Waals surface area (Å²) in [5.74, 6) is -1.22. The van der Waals surface area contributed by atoms with Crippen LogP contribution >= 0.6 is 0 Å². The highest BCUT2D eigenvalue weighted by molar-refractivity contribution is 6.62. The molecule has 1 saturated carbocycles. The van der Waals surface area contributed by atoms with Crippen LogP contribution in [-0.4, -0.2) is 30.1 Å². The fraction of sp³-hybridized carbons (Fsp3) is 0.391. The Hall–Kier alpha value is -2.71. The van der Waals surface area contributed by atoms with Gasteiger partial charge in [0.25, 0.3) is 5.91 Å². The second-order valence-electron chi connectivity index (χ2n) is 8.20. The molecule has 8 heteroatoms. The summed E-state index contributed by atoms with van der Waals surface area (Å²) < 4.78 is 23.8. The predicted octanol–water partition coefficient (Wildman–Crippen LogP) is 2.38. The molecule has 0 saturated heterocycles. The second kappa shape index (κ2) is 9.20. The number of halogens is 1. The third kappa shape index (κ3) is 4.65. The van der Waals surface area contributed by atoms with E-state index < -0.39 is 19.1 Å². The van der Waals surface area contributed by atoms with Crippen LogP contribution in [0.1, 0.15) is 52.7 Å². The Morgan fingerprint density at radius 2 is 1.94 bits per heavy atom. The maximum atomic E-state index is 13.1. The SMILES string of the molecule is Cc1c(C(=O)N[C@H](C(=O)OCc2ccc(F)cc2)C2CCCC2)ccc2c1B(O)OC2. The summed E-state index contributed by atoms with van der Waals surface area (Å²) in [5, 5.41) is 12.9. The van der Waals surface area contributed by atoms with Gasteiger partial charge >= 0.3 is 13.1 Å². The molecule has 1 fully saturated rings. The van der Waals surface area contributed by atoms with E-state index in [1.165, 1.54) is 12.1 Å². The lowest BCUT2D eigenvalue weighted by Crippen LogP contribution is -2.46. The minimum absolute atomic E-state index is 0.00771. The lowest BCUT2D eigenvalue weighted by molar-refractivity contribution is -0.148. The Kier molecular flexibility index (Phi) is 6.39. The van der Waals surface area contributed by atoms with Crippen molar-refractivity contribution in [3.8, 4) is 0 Å². The van der Waals surface area contributed by atoms with Gasteiger partial charge in [-0.1, -0.05) is 31.0 Å². The number of nitrogens with one attached hydrogen (secondary N) is 1. The van der Waals surface area contributed by atoms with Crippen molar-refractivity contribution in [3.05, 3.63) is 64.5 Å². The van der Waals surface area contributed by atoms with Crippen LogP contribution in [0, 0.1) is 18.7 Å². The summed E-state index contributed by atoms with van der Waals surface area (Å²) in [6.07, 6.45) is 3.69. The molecule has 2 N–H and O–H groups in total. The highest BCUT2D eigenvalue weighted by atomic mass is 19.1. The highest BCUT2D eigenvalue weighted by Crippen LogP contribution is 2.29. The van der Waals surface area contributed by atoms with Crippen molar-refractivity contribution in [3.63, 3.8) is 0 Å². The van der Waals surface area contributed by atoms with Crippen molar-refractivity contribution >= 4 is 24.5 Å². The van der Waals surface area contributed by atoms with Crippen molar-refractivity contribution in [2.45, 2.75) is 51.9 Å². The summed E-state index contributed by atoms with van der Waals surface area (Å²) in [6.45, 7) is 2.09. The van der Waals surface area contributed by atoms with E-state index in [9.17, 15) is 19.0 Å². The van der Waals surface area contributed by atoms with Crippen molar-refractivity contribution in [1.29, 1.82) is 0 Å². The van der Waals surface area contributed by atoms with Gasteiger partial charge in [-0.05, 0) is 66.0 Å². The van der Waals surface area contributed by atoms with E-state index in [2.05, 4.69) is 5.32 Å². The zero-order chi connectivity index (χ0) is 22.0. The average molecular weight is 425 g/mol. The number of esters is 1. The van der Waals surface area contributed by atoms with Gasteiger partial charge in [0.1, 0.15) is 18.5 Å². The van der Waals surface area contributed by atoms with E-state index in [0.717, 1.165) is 31.2 Å². The first-order valence-electron chi connectivity index (χ1n) is 10.6. The van der Waals surface area contributed by atoms with Crippen LogP contribution in [-0.2, 0) is 27.4 Å². The zero-order valence-corrected chi connectivity index (χ0v) is 17.4. The number of amides is 1. The van der Waals surface area contributed by atoms with Crippen molar-refractivity contribution in [2.24, 2.45) is 5.92 Å². The van der Waals surface area contributed by atoms with Gasteiger partial charge in [-0.15, -0.1) is 0 Å². The van der Waals surface area contributed by atoms with Crippen LogP contribution in [0.4, 0.5) is 4.39 Å². The Labute approximate surface area is 180 Å². The van der Waals surface area contributed by atoms with E-state index in [1.807, 2.05) is 0 Å². The number of ether oxygens (including phenoxy) is 1. The minimum atomic E-state index is -1.05.